The Morgan fingerprint density at radius 3 is 2.70 bits per heavy atom. The number of nitrogens with zero attached hydrogens (tertiary/aromatic N) is 3. The Labute approximate surface area is 233 Å². The number of anilines is 2. The summed E-state index contributed by atoms with van der Waals surface area (Å²) in [5.41, 5.74) is 4.58. The van der Waals surface area contributed by atoms with Crippen LogP contribution < -0.4 is 10.6 Å². The maximum Gasteiger partial charge on any atom is 0.223 e. The van der Waals surface area contributed by atoms with Gasteiger partial charge in [-0.1, -0.05) is 32.0 Å². The summed E-state index contributed by atoms with van der Waals surface area (Å²) in [5.74, 6) is -0.0837. The number of aliphatic hydroxyl groups is 2. The van der Waals surface area contributed by atoms with E-state index in [0.29, 0.717) is 25.1 Å². The molecular weight excluding hydrogens is 509 g/mol. The van der Waals surface area contributed by atoms with E-state index in [1.54, 1.807) is 13.8 Å². The Morgan fingerprint density at radius 1 is 1.12 bits per heavy atom. The summed E-state index contributed by atoms with van der Waals surface area (Å²) in [7, 11) is 0. The van der Waals surface area contributed by atoms with E-state index in [2.05, 4.69) is 34.4 Å². The summed E-state index contributed by atoms with van der Waals surface area (Å²) in [4.78, 5) is 13.3. The molecule has 210 valence electrons. The number of nitrogens with one attached hydrogen (secondary N) is 2. The van der Waals surface area contributed by atoms with Gasteiger partial charge in [0.25, 0.3) is 0 Å². The minimum Gasteiger partial charge on any atom is -0.389 e. The lowest BCUT2D eigenvalue weighted by atomic mass is 9.92. The van der Waals surface area contributed by atoms with Crippen LogP contribution in [0.3, 0.4) is 0 Å². The molecule has 1 aliphatic heterocycles. The van der Waals surface area contributed by atoms with Crippen LogP contribution in [0.25, 0.3) is 22.2 Å². The Bertz CT molecular complexity index is 1500. The van der Waals surface area contributed by atoms with Crippen LogP contribution in [0.2, 0.25) is 0 Å². The minimum absolute atomic E-state index is 0.183. The number of rotatable bonds is 8. The van der Waals surface area contributed by atoms with Gasteiger partial charge in [0.1, 0.15) is 5.69 Å². The molecule has 8 nitrogen and oxygen atoms in total. The van der Waals surface area contributed by atoms with Gasteiger partial charge in [0.2, 0.25) is 5.95 Å². The lowest BCUT2D eigenvalue weighted by molar-refractivity contribution is -0.0136. The van der Waals surface area contributed by atoms with Crippen molar-refractivity contribution in [2.45, 2.75) is 64.3 Å². The third-order valence-corrected chi connectivity index (χ3v) is 7.28. The number of ether oxygens (including phenoxy) is 1. The second-order valence-electron chi connectivity index (χ2n) is 11.1. The van der Waals surface area contributed by atoms with Crippen molar-refractivity contribution in [1.29, 1.82) is 0 Å². The monoisotopic (exact) mass is 545 g/mol. The number of hydrogen-bond acceptors (Lipinski definition) is 8. The highest BCUT2D eigenvalue weighted by molar-refractivity contribution is 5.88. The molecule has 2 atom stereocenters. The van der Waals surface area contributed by atoms with Crippen LogP contribution in [-0.4, -0.2) is 50.5 Å². The zero-order valence-electron chi connectivity index (χ0n) is 23.3. The summed E-state index contributed by atoms with van der Waals surface area (Å²) in [6.45, 7) is 9.10. The fourth-order valence-electron chi connectivity index (χ4n) is 5.13. The van der Waals surface area contributed by atoms with Gasteiger partial charge in [0, 0.05) is 36.0 Å². The molecular formula is C31H36FN5O3. The highest BCUT2D eigenvalue weighted by atomic mass is 19.1. The lowest BCUT2D eigenvalue weighted by Crippen LogP contribution is -2.42. The zero-order valence-corrected chi connectivity index (χ0v) is 23.3. The molecule has 2 aromatic carbocycles. The molecule has 5 rings (SSSR count). The van der Waals surface area contributed by atoms with E-state index in [0.717, 1.165) is 39.5 Å². The summed E-state index contributed by atoms with van der Waals surface area (Å²) in [5, 5.41) is 28.2. The molecule has 0 saturated carbocycles. The molecule has 9 heteroatoms. The van der Waals surface area contributed by atoms with E-state index in [1.807, 2.05) is 48.7 Å². The molecule has 4 N–H and O–H groups in total. The van der Waals surface area contributed by atoms with E-state index in [4.69, 9.17) is 9.72 Å². The third-order valence-electron chi connectivity index (χ3n) is 7.28. The number of benzene rings is 2. The van der Waals surface area contributed by atoms with Crippen molar-refractivity contribution >= 4 is 22.5 Å². The van der Waals surface area contributed by atoms with E-state index < -0.39 is 17.5 Å². The number of hydrogen-bond donors (Lipinski definition) is 4. The molecule has 1 aliphatic rings. The second kappa shape index (κ2) is 11.4. The SMILES string of the molecule is CC(C)c1c(CNc2cccc(C(C)(C)O)c2)cnc2ccc(-c3nc(N[C@@H]4CCOC[C@H]4O)ncc3F)cc12. The first-order valence-corrected chi connectivity index (χ1v) is 13.6. The predicted octanol–water partition coefficient (Wildman–Crippen LogP) is 5.36. The molecule has 0 bridgehead atoms. The van der Waals surface area contributed by atoms with Crippen molar-refractivity contribution in [2.75, 3.05) is 23.8 Å². The molecule has 4 aromatic rings. The summed E-state index contributed by atoms with van der Waals surface area (Å²) >= 11 is 0. The maximum atomic E-state index is 15.0. The van der Waals surface area contributed by atoms with Crippen LogP contribution in [0.5, 0.6) is 0 Å². The number of aromatic nitrogens is 3. The van der Waals surface area contributed by atoms with E-state index >= 15 is 4.39 Å². The number of fused-ring (bicyclic) bond motifs is 1. The maximum absolute atomic E-state index is 15.0. The molecule has 0 aliphatic carbocycles. The molecule has 1 fully saturated rings. The van der Waals surface area contributed by atoms with Gasteiger partial charge < -0.3 is 25.6 Å². The summed E-state index contributed by atoms with van der Waals surface area (Å²) < 4.78 is 20.3. The Balaban J connectivity index is 1.47. The van der Waals surface area contributed by atoms with Crippen LogP contribution in [0.15, 0.2) is 54.9 Å². The lowest BCUT2D eigenvalue weighted by Gasteiger charge is -2.28. The van der Waals surface area contributed by atoms with Gasteiger partial charge in [-0.05, 0) is 67.1 Å². The second-order valence-corrected chi connectivity index (χ2v) is 11.1. The number of pyridine rings is 1. The van der Waals surface area contributed by atoms with Crippen LogP contribution in [0, 0.1) is 5.82 Å². The molecule has 0 unspecified atom stereocenters. The topological polar surface area (TPSA) is 112 Å². The van der Waals surface area contributed by atoms with Gasteiger partial charge in [-0.2, -0.15) is 0 Å². The quantitative estimate of drug-likeness (QED) is 0.234. The Morgan fingerprint density at radius 2 is 1.95 bits per heavy atom. The molecule has 40 heavy (non-hydrogen) atoms. The molecule has 0 amide bonds. The molecule has 2 aromatic heterocycles. The average molecular weight is 546 g/mol. The van der Waals surface area contributed by atoms with Crippen LogP contribution in [-0.2, 0) is 16.9 Å². The first-order chi connectivity index (χ1) is 19.1. The van der Waals surface area contributed by atoms with E-state index in [1.165, 1.54) is 0 Å². The standard InChI is InChI=1S/C31H36FN5O3/c1-18(2)28-20(14-33-22-7-5-6-21(13-22)31(3,4)39)15-34-25-9-8-19(12-23(25)28)29-24(32)16-35-30(37-29)36-26-10-11-40-17-27(26)38/h5-9,12-13,15-16,18,26-27,33,38-39H,10-11,14,17H2,1-4H3,(H,35,36,37)/t26-,27-/m1/s1. The fourth-order valence-corrected chi connectivity index (χ4v) is 5.13. The minimum atomic E-state index is -0.933. The van der Waals surface area contributed by atoms with Crippen molar-refractivity contribution in [3.05, 3.63) is 77.4 Å². The van der Waals surface area contributed by atoms with Crippen molar-refractivity contribution < 1.29 is 19.3 Å². The van der Waals surface area contributed by atoms with E-state index in [-0.39, 0.29) is 30.2 Å². The predicted molar refractivity (Wildman–Crippen MR) is 155 cm³/mol. The van der Waals surface area contributed by atoms with Crippen LogP contribution >= 0.6 is 0 Å². The molecule has 0 spiro atoms. The van der Waals surface area contributed by atoms with Gasteiger partial charge in [0.05, 0.1) is 36.1 Å². The summed E-state index contributed by atoms with van der Waals surface area (Å²) in [6, 6.07) is 13.1. The van der Waals surface area contributed by atoms with Crippen molar-refractivity contribution in [3.63, 3.8) is 0 Å². The van der Waals surface area contributed by atoms with Crippen LogP contribution in [0.1, 0.15) is 56.7 Å². The molecule has 3 heterocycles. The normalized spacial score (nSPS) is 17.8. The van der Waals surface area contributed by atoms with Gasteiger partial charge in [-0.25, -0.2) is 14.4 Å². The highest BCUT2D eigenvalue weighted by Gasteiger charge is 2.25. The largest absolute Gasteiger partial charge is 0.389 e. The van der Waals surface area contributed by atoms with Crippen molar-refractivity contribution in [1.82, 2.24) is 15.0 Å². The third kappa shape index (κ3) is 6.06. The average Bonchev–Trinajstić information content (AvgIpc) is 2.93. The van der Waals surface area contributed by atoms with Gasteiger partial charge >= 0.3 is 0 Å². The number of aliphatic hydroxyl groups excluding tert-OH is 1. The van der Waals surface area contributed by atoms with Crippen molar-refractivity contribution in [3.8, 4) is 11.3 Å². The van der Waals surface area contributed by atoms with Crippen LogP contribution in [0.4, 0.5) is 16.0 Å². The Kier molecular flexibility index (Phi) is 7.98. The molecule has 0 radical (unpaired) electrons. The molecule has 1 saturated heterocycles. The zero-order chi connectivity index (χ0) is 28.4. The van der Waals surface area contributed by atoms with Gasteiger partial charge in [-0.3, -0.25) is 4.98 Å². The highest BCUT2D eigenvalue weighted by Crippen LogP contribution is 2.33. The van der Waals surface area contributed by atoms with Gasteiger partial charge in [0.15, 0.2) is 5.82 Å². The first-order valence-electron chi connectivity index (χ1n) is 13.6. The smallest absolute Gasteiger partial charge is 0.223 e. The van der Waals surface area contributed by atoms with Gasteiger partial charge in [-0.15, -0.1) is 0 Å². The number of halogens is 1. The van der Waals surface area contributed by atoms with Crippen molar-refractivity contribution in [2.24, 2.45) is 0 Å². The summed E-state index contributed by atoms with van der Waals surface area (Å²) in [6.07, 6.45) is 2.96. The first kappa shape index (κ1) is 27.9. The van der Waals surface area contributed by atoms with E-state index in [9.17, 15) is 10.2 Å². The Hall–Kier alpha value is -3.66. The fraction of sp³-hybridized carbons (Fsp3) is 0.387.